The van der Waals surface area contributed by atoms with E-state index in [4.69, 9.17) is 0 Å². The highest BCUT2D eigenvalue weighted by Crippen LogP contribution is 2.18. The summed E-state index contributed by atoms with van der Waals surface area (Å²) >= 11 is 0. The lowest BCUT2D eigenvalue weighted by atomic mass is 10.1. The minimum Gasteiger partial charge on any atom is -0.465 e. The molecule has 0 bridgehead atoms. The average Bonchev–Trinajstić information content (AvgIpc) is 3.00. The summed E-state index contributed by atoms with van der Waals surface area (Å²) in [5.41, 5.74) is 1.73. The van der Waals surface area contributed by atoms with E-state index in [-0.39, 0.29) is 41.4 Å². The Bertz CT molecular complexity index is 1160. The number of hydrogen-bond acceptors (Lipinski definition) is 6. The maximum absolute atomic E-state index is 12.5. The molecule has 30 heavy (non-hydrogen) atoms. The molecule has 1 N–H and O–H groups in total. The molecule has 1 aromatic heterocycles. The Hall–Kier alpha value is -3.88. The van der Waals surface area contributed by atoms with Gasteiger partial charge in [-0.1, -0.05) is 12.1 Å². The molecule has 3 aromatic rings. The molecule has 0 aliphatic heterocycles. The second kappa shape index (κ2) is 8.64. The van der Waals surface area contributed by atoms with Crippen molar-refractivity contribution in [3.05, 3.63) is 64.1 Å². The van der Waals surface area contributed by atoms with Crippen LogP contribution >= 0.6 is 0 Å². The van der Waals surface area contributed by atoms with E-state index < -0.39 is 11.9 Å². The van der Waals surface area contributed by atoms with Gasteiger partial charge in [-0.15, -0.1) is 0 Å². The molecule has 9 heteroatoms. The number of carbonyl (C=O) groups excluding carboxylic acids is 3. The molecule has 9 nitrogen and oxygen atoms in total. The quantitative estimate of drug-likeness (QED) is 0.621. The van der Waals surface area contributed by atoms with Crippen LogP contribution in [0.1, 0.15) is 27.1 Å². The summed E-state index contributed by atoms with van der Waals surface area (Å²) in [4.78, 5) is 48.7. The van der Waals surface area contributed by atoms with Gasteiger partial charge in [0.1, 0.15) is 0 Å². The monoisotopic (exact) mass is 411 g/mol. The number of carbonyl (C=O) groups is 3. The third kappa shape index (κ3) is 4.09. The molecule has 0 atom stereocenters. The van der Waals surface area contributed by atoms with Crippen molar-refractivity contribution in [2.24, 2.45) is 7.05 Å². The Balaban J connectivity index is 1.80. The first kappa shape index (κ1) is 20.8. The Morgan fingerprint density at radius 2 is 1.50 bits per heavy atom. The summed E-state index contributed by atoms with van der Waals surface area (Å²) in [6.45, 7) is 0.173. The highest BCUT2D eigenvalue weighted by molar-refractivity contribution is 5.99. The number of nitrogens with one attached hydrogen (secondary N) is 1. The number of aromatic nitrogens is 2. The molecule has 0 aliphatic rings. The van der Waals surface area contributed by atoms with Crippen molar-refractivity contribution in [1.82, 2.24) is 9.13 Å². The van der Waals surface area contributed by atoms with E-state index in [1.807, 2.05) is 24.3 Å². The van der Waals surface area contributed by atoms with Gasteiger partial charge in [0.15, 0.2) is 0 Å². The lowest BCUT2D eigenvalue weighted by molar-refractivity contribution is -0.116. The zero-order valence-corrected chi connectivity index (χ0v) is 16.8. The van der Waals surface area contributed by atoms with Crippen LogP contribution in [0.3, 0.4) is 0 Å². The van der Waals surface area contributed by atoms with Crippen LogP contribution in [0.2, 0.25) is 0 Å². The van der Waals surface area contributed by atoms with Crippen molar-refractivity contribution >= 4 is 34.6 Å². The minimum atomic E-state index is -0.654. The number of nitrogens with zero attached hydrogens (tertiary/aromatic N) is 2. The standard InChI is InChI=1S/C21H21N3O6/c1-23-16-6-4-5-7-17(16)24(21(23)28)9-8-18(25)22-15-11-13(19(26)29-2)10-14(12-15)20(27)30-3/h4-7,10-12H,8-9H2,1-3H3,(H,22,25). The number of para-hydroxylation sites is 2. The fourth-order valence-electron chi connectivity index (χ4n) is 3.19. The first-order valence-electron chi connectivity index (χ1n) is 9.11. The lowest BCUT2D eigenvalue weighted by Gasteiger charge is -2.10. The van der Waals surface area contributed by atoms with Crippen molar-refractivity contribution in [1.29, 1.82) is 0 Å². The molecule has 0 aliphatic carbocycles. The number of aryl methyl sites for hydroxylation is 2. The van der Waals surface area contributed by atoms with Crippen molar-refractivity contribution in [3.8, 4) is 0 Å². The van der Waals surface area contributed by atoms with Gasteiger partial charge < -0.3 is 14.8 Å². The minimum absolute atomic E-state index is 0.0178. The maximum atomic E-state index is 12.5. The topological polar surface area (TPSA) is 109 Å². The number of benzene rings is 2. The summed E-state index contributed by atoms with van der Waals surface area (Å²) in [7, 11) is 4.11. The van der Waals surface area contributed by atoms with E-state index in [1.165, 1.54) is 41.6 Å². The number of amides is 1. The van der Waals surface area contributed by atoms with Crippen LogP contribution in [0.4, 0.5) is 5.69 Å². The lowest BCUT2D eigenvalue weighted by Crippen LogP contribution is -2.24. The van der Waals surface area contributed by atoms with E-state index >= 15 is 0 Å². The molecular formula is C21H21N3O6. The van der Waals surface area contributed by atoms with Gasteiger partial charge in [-0.3, -0.25) is 13.9 Å². The van der Waals surface area contributed by atoms with E-state index in [9.17, 15) is 19.2 Å². The SMILES string of the molecule is COC(=O)c1cc(NC(=O)CCn2c(=O)n(C)c3ccccc32)cc(C(=O)OC)c1. The second-order valence-electron chi connectivity index (χ2n) is 6.56. The third-order valence-corrected chi connectivity index (χ3v) is 4.67. The number of imidazole rings is 1. The zero-order valence-electron chi connectivity index (χ0n) is 16.8. The van der Waals surface area contributed by atoms with Crippen LogP contribution in [0.5, 0.6) is 0 Å². The van der Waals surface area contributed by atoms with Crippen LogP contribution in [0, 0.1) is 0 Å². The van der Waals surface area contributed by atoms with Gasteiger partial charge in [0.05, 0.1) is 36.4 Å². The second-order valence-corrected chi connectivity index (χ2v) is 6.56. The van der Waals surface area contributed by atoms with Gasteiger partial charge >= 0.3 is 17.6 Å². The van der Waals surface area contributed by atoms with Crippen LogP contribution in [-0.4, -0.2) is 41.2 Å². The first-order valence-corrected chi connectivity index (χ1v) is 9.11. The smallest absolute Gasteiger partial charge is 0.337 e. The Kier molecular flexibility index (Phi) is 6.01. The molecule has 0 fully saturated rings. The number of esters is 2. The van der Waals surface area contributed by atoms with Crippen LogP contribution in [-0.2, 0) is 27.9 Å². The van der Waals surface area contributed by atoms with E-state index in [2.05, 4.69) is 14.8 Å². The molecule has 3 rings (SSSR count). The van der Waals surface area contributed by atoms with Crippen LogP contribution in [0.25, 0.3) is 11.0 Å². The predicted molar refractivity (Wildman–Crippen MR) is 110 cm³/mol. The maximum Gasteiger partial charge on any atom is 0.337 e. The summed E-state index contributed by atoms with van der Waals surface area (Å²) in [5.74, 6) is -1.69. The molecule has 156 valence electrons. The number of fused-ring (bicyclic) bond motifs is 1. The Labute approximate surface area is 171 Å². The van der Waals surface area contributed by atoms with E-state index in [1.54, 1.807) is 7.05 Å². The first-order chi connectivity index (χ1) is 14.3. The molecule has 0 spiro atoms. The summed E-state index contributed by atoms with van der Waals surface area (Å²) in [6.07, 6.45) is 0.0178. The molecule has 1 amide bonds. The highest BCUT2D eigenvalue weighted by atomic mass is 16.5. The fraction of sp³-hybridized carbons (Fsp3) is 0.238. The molecule has 1 heterocycles. The number of methoxy groups -OCH3 is 2. The van der Waals surface area contributed by atoms with Gasteiger partial charge in [-0.25, -0.2) is 14.4 Å². The van der Waals surface area contributed by atoms with Crippen molar-refractivity contribution in [2.75, 3.05) is 19.5 Å². The fourth-order valence-corrected chi connectivity index (χ4v) is 3.19. The molecule has 0 radical (unpaired) electrons. The summed E-state index contributed by atoms with van der Waals surface area (Å²) < 4.78 is 12.4. The number of ether oxygens (including phenoxy) is 2. The number of rotatable bonds is 6. The highest BCUT2D eigenvalue weighted by Gasteiger charge is 2.16. The van der Waals surface area contributed by atoms with Crippen LogP contribution < -0.4 is 11.0 Å². The summed E-state index contributed by atoms with van der Waals surface area (Å²) in [5, 5.41) is 2.65. The average molecular weight is 411 g/mol. The largest absolute Gasteiger partial charge is 0.465 e. The van der Waals surface area contributed by atoms with Gasteiger partial charge in [0, 0.05) is 25.7 Å². The van der Waals surface area contributed by atoms with Crippen molar-refractivity contribution in [2.45, 2.75) is 13.0 Å². The van der Waals surface area contributed by atoms with Crippen LogP contribution in [0.15, 0.2) is 47.3 Å². The molecule has 0 saturated heterocycles. The predicted octanol–water partition coefficient (Wildman–Crippen LogP) is 1.94. The molecule has 0 saturated carbocycles. The van der Waals surface area contributed by atoms with Gasteiger partial charge in [0.25, 0.3) is 0 Å². The summed E-state index contributed by atoms with van der Waals surface area (Å²) in [6, 6.07) is 11.4. The number of hydrogen-bond donors (Lipinski definition) is 1. The van der Waals surface area contributed by atoms with Crippen molar-refractivity contribution < 1.29 is 23.9 Å². The van der Waals surface area contributed by atoms with Crippen molar-refractivity contribution in [3.63, 3.8) is 0 Å². The van der Waals surface area contributed by atoms with Gasteiger partial charge in [-0.05, 0) is 30.3 Å². The Morgan fingerprint density at radius 3 is 2.07 bits per heavy atom. The number of anilines is 1. The third-order valence-electron chi connectivity index (χ3n) is 4.67. The molecule has 2 aromatic carbocycles. The van der Waals surface area contributed by atoms with Gasteiger partial charge in [0.2, 0.25) is 5.91 Å². The van der Waals surface area contributed by atoms with E-state index in [0.717, 1.165) is 11.0 Å². The Morgan fingerprint density at radius 1 is 0.933 bits per heavy atom. The molecular weight excluding hydrogens is 390 g/mol. The van der Waals surface area contributed by atoms with Gasteiger partial charge in [-0.2, -0.15) is 0 Å². The molecule has 0 unspecified atom stereocenters. The van der Waals surface area contributed by atoms with E-state index in [0.29, 0.717) is 0 Å². The normalized spacial score (nSPS) is 10.6. The zero-order chi connectivity index (χ0) is 21.8.